The van der Waals surface area contributed by atoms with E-state index in [0.29, 0.717) is 0 Å². The molecule has 169 valence electrons. The maximum absolute atomic E-state index is 3.99. The molecule has 0 saturated carbocycles. The molecule has 0 aromatic rings. The number of nitrogens with zero attached hydrogens (tertiary/aromatic N) is 1. The third kappa shape index (κ3) is 22.3. The largest absolute Gasteiger partial charge is 0.328 e. The zero-order chi connectivity index (χ0) is 20.8. The first-order valence-electron chi connectivity index (χ1n) is 13.2. The lowest BCUT2D eigenvalue weighted by atomic mass is 10.0. The highest BCUT2D eigenvalue weighted by molar-refractivity contribution is 4.51. The molecule has 0 aliphatic heterocycles. The molecule has 0 atom stereocenters. The highest BCUT2D eigenvalue weighted by Crippen LogP contribution is 2.15. The summed E-state index contributed by atoms with van der Waals surface area (Å²) in [5, 5.41) is 0. The van der Waals surface area contributed by atoms with Gasteiger partial charge in [0.25, 0.3) is 0 Å². The molecule has 1 nitrogen and oxygen atoms in total. The van der Waals surface area contributed by atoms with E-state index in [1.807, 2.05) is 0 Å². The Morgan fingerprint density at radius 2 is 0.714 bits per heavy atom. The highest BCUT2D eigenvalue weighted by Gasteiger charge is 2.11. The molecular weight excluding hydrogens is 338 g/mol. The molecular formula is C27H57N+. The van der Waals surface area contributed by atoms with Crippen molar-refractivity contribution in [2.24, 2.45) is 0 Å². The summed E-state index contributed by atoms with van der Waals surface area (Å²) in [6.45, 7) is 8.84. The van der Waals surface area contributed by atoms with E-state index in [1.54, 1.807) is 0 Å². The zero-order valence-corrected chi connectivity index (χ0v) is 20.4. The topological polar surface area (TPSA) is 0 Å². The SMILES string of the molecule is [CH2]CC[N+](C)(C)CCCCCCCCCCCCCCCCCCCCCC. The fraction of sp³-hybridized carbons (Fsp3) is 0.963. The summed E-state index contributed by atoms with van der Waals surface area (Å²) in [7, 11) is 4.70. The standard InChI is InChI=1S/C27H57N/c1-5-7-8-9-10-11-12-13-14-15-16-17-18-19-20-21-22-23-24-25-27-28(3,4)26-6-2/h2,5-27H2,1,3-4H3/q+1. The van der Waals surface area contributed by atoms with Crippen LogP contribution < -0.4 is 0 Å². The van der Waals surface area contributed by atoms with Crippen molar-refractivity contribution in [3.8, 4) is 0 Å². The van der Waals surface area contributed by atoms with Gasteiger partial charge >= 0.3 is 0 Å². The fourth-order valence-corrected chi connectivity index (χ4v) is 4.33. The second-order valence-electron chi connectivity index (χ2n) is 9.95. The molecule has 0 aliphatic rings. The molecule has 0 spiro atoms. The third-order valence-electron chi connectivity index (χ3n) is 6.38. The van der Waals surface area contributed by atoms with Gasteiger partial charge in [0.2, 0.25) is 0 Å². The van der Waals surface area contributed by atoms with Gasteiger partial charge in [-0.3, -0.25) is 0 Å². The quantitative estimate of drug-likeness (QED) is 0.119. The lowest BCUT2D eigenvalue weighted by Gasteiger charge is -2.29. The molecule has 0 heterocycles. The van der Waals surface area contributed by atoms with Crippen molar-refractivity contribution < 1.29 is 4.48 Å². The molecule has 0 rings (SSSR count). The Morgan fingerprint density at radius 3 is 1.00 bits per heavy atom. The smallest absolute Gasteiger partial charge is 0.0782 e. The molecule has 0 aliphatic carbocycles. The lowest BCUT2D eigenvalue weighted by molar-refractivity contribution is -0.890. The summed E-state index contributed by atoms with van der Waals surface area (Å²) in [5.74, 6) is 0. The summed E-state index contributed by atoms with van der Waals surface area (Å²) < 4.78 is 1.16. The minimum Gasteiger partial charge on any atom is -0.328 e. The average molecular weight is 396 g/mol. The van der Waals surface area contributed by atoms with Crippen molar-refractivity contribution >= 4 is 0 Å². The Kier molecular flexibility index (Phi) is 21.6. The van der Waals surface area contributed by atoms with Crippen LogP contribution in [-0.2, 0) is 0 Å². The first-order valence-corrected chi connectivity index (χ1v) is 13.2. The van der Waals surface area contributed by atoms with Crippen molar-refractivity contribution in [3.63, 3.8) is 0 Å². The number of quaternary nitrogens is 1. The van der Waals surface area contributed by atoms with Crippen LogP contribution in [0, 0.1) is 6.92 Å². The first-order chi connectivity index (χ1) is 13.6. The van der Waals surface area contributed by atoms with Crippen molar-refractivity contribution in [1.82, 2.24) is 0 Å². The van der Waals surface area contributed by atoms with Crippen LogP contribution in [0.25, 0.3) is 0 Å². The van der Waals surface area contributed by atoms with Gasteiger partial charge in [-0.05, 0) is 26.2 Å². The molecule has 0 bridgehead atoms. The number of hydrogen-bond acceptors (Lipinski definition) is 0. The molecule has 0 saturated heterocycles. The van der Waals surface area contributed by atoms with E-state index < -0.39 is 0 Å². The van der Waals surface area contributed by atoms with Crippen LogP contribution in [0.4, 0.5) is 0 Å². The minimum absolute atomic E-state index is 1.06. The molecule has 0 unspecified atom stereocenters. The van der Waals surface area contributed by atoms with Gasteiger partial charge in [-0.1, -0.05) is 122 Å². The molecule has 0 aromatic heterocycles. The molecule has 0 aromatic carbocycles. The predicted molar refractivity (Wildman–Crippen MR) is 130 cm³/mol. The third-order valence-corrected chi connectivity index (χ3v) is 6.38. The maximum atomic E-state index is 3.99. The number of rotatable bonds is 23. The summed E-state index contributed by atoms with van der Waals surface area (Å²) in [6.07, 6.45) is 30.3. The highest BCUT2D eigenvalue weighted by atomic mass is 15.3. The van der Waals surface area contributed by atoms with Gasteiger partial charge in [0.15, 0.2) is 0 Å². The van der Waals surface area contributed by atoms with Gasteiger partial charge in [0.1, 0.15) is 0 Å². The summed E-state index contributed by atoms with van der Waals surface area (Å²) in [5.41, 5.74) is 0. The second kappa shape index (κ2) is 21.7. The molecule has 0 N–H and O–H groups in total. The Morgan fingerprint density at radius 1 is 0.429 bits per heavy atom. The Labute approximate surface area is 180 Å². The average Bonchev–Trinajstić information content (AvgIpc) is 2.66. The summed E-state index contributed by atoms with van der Waals surface area (Å²) >= 11 is 0. The van der Waals surface area contributed by atoms with Gasteiger partial charge in [-0.15, -0.1) is 0 Å². The van der Waals surface area contributed by atoms with Gasteiger partial charge in [0.05, 0.1) is 27.2 Å². The van der Waals surface area contributed by atoms with Crippen LogP contribution in [0.15, 0.2) is 0 Å². The second-order valence-corrected chi connectivity index (χ2v) is 9.95. The normalized spacial score (nSPS) is 12.0. The molecule has 0 fully saturated rings. The molecule has 1 heteroatoms. The van der Waals surface area contributed by atoms with E-state index in [2.05, 4.69) is 27.9 Å². The van der Waals surface area contributed by atoms with Crippen LogP contribution in [0.3, 0.4) is 0 Å². The fourth-order valence-electron chi connectivity index (χ4n) is 4.33. The lowest BCUT2D eigenvalue weighted by Crippen LogP contribution is -2.40. The van der Waals surface area contributed by atoms with Crippen molar-refractivity contribution in [3.05, 3.63) is 6.92 Å². The van der Waals surface area contributed by atoms with E-state index in [1.165, 1.54) is 142 Å². The van der Waals surface area contributed by atoms with Crippen LogP contribution in [-0.4, -0.2) is 31.7 Å². The Balaban J connectivity index is 3.09. The Bertz CT molecular complexity index is 284. The van der Waals surface area contributed by atoms with Crippen molar-refractivity contribution in [2.75, 3.05) is 27.2 Å². The predicted octanol–water partition coefficient (Wildman–Crippen LogP) is 9.11. The van der Waals surface area contributed by atoms with Crippen molar-refractivity contribution in [2.45, 2.75) is 142 Å². The molecule has 28 heavy (non-hydrogen) atoms. The first kappa shape index (κ1) is 28.0. The van der Waals surface area contributed by atoms with E-state index in [4.69, 9.17) is 0 Å². The molecule has 1 radical (unpaired) electrons. The van der Waals surface area contributed by atoms with Crippen LogP contribution in [0.5, 0.6) is 0 Å². The van der Waals surface area contributed by atoms with E-state index in [0.717, 1.165) is 10.9 Å². The number of hydrogen-bond donors (Lipinski definition) is 0. The summed E-state index contributed by atoms with van der Waals surface area (Å²) in [6, 6.07) is 0. The summed E-state index contributed by atoms with van der Waals surface area (Å²) in [4.78, 5) is 0. The number of unbranched alkanes of at least 4 members (excludes halogenated alkanes) is 19. The van der Waals surface area contributed by atoms with Crippen LogP contribution >= 0.6 is 0 Å². The van der Waals surface area contributed by atoms with Crippen LogP contribution in [0.2, 0.25) is 0 Å². The minimum atomic E-state index is 1.06. The Hall–Kier alpha value is -0.0400. The maximum Gasteiger partial charge on any atom is 0.0782 e. The van der Waals surface area contributed by atoms with E-state index in [-0.39, 0.29) is 0 Å². The monoisotopic (exact) mass is 395 g/mol. The van der Waals surface area contributed by atoms with E-state index in [9.17, 15) is 0 Å². The van der Waals surface area contributed by atoms with E-state index >= 15 is 0 Å². The van der Waals surface area contributed by atoms with Gasteiger partial charge < -0.3 is 4.48 Å². The van der Waals surface area contributed by atoms with Crippen molar-refractivity contribution in [1.29, 1.82) is 0 Å². The van der Waals surface area contributed by atoms with Gasteiger partial charge in [-0.25, -0.2) is 0 Å². The van der Waals surface area contributed by atoms with Gasteiger partial charge in [0, 0.05) is 0 Å². The van der Waals surface area contributed by atoms with Gasteiger partial charge in [-0.2, -0.15) is 0 Å². The zero-order valence-electron chi connectivity index (χ0n) is 20.4. The molecule has 0 amide bonds. The van der Waals surface area contributed by atoms with Crippen LogP contribution in [0.1, 0.15) is 142 Å².